The normalized spacial score (nSPS) is 10.7. The highest BCUT2D eigenvalue weighted by Gasteiger charge is 2.26. The molecule has 0 spiro atoms. The fourth-order valence-electron chi connectivity index (χ4n) is 0.934. The van der Waals surface area contributed by atoms with Gasteiger partial charge in [0.2, 0.25) is 0 Å². The first-order chi connectivity index (χ1) is 6.97. The van der Waals surface area contributed by atoms with Gasteiger partial charge in [-0.25, -0.2) is 18.2 Å². The monoisotopic (exact) mass is 284 g/mol. The molecule has 0 aliphatic rings. The van der Waals surface area contributed by atoms with Crippen LogP contribution in [0.25, 0.3) is 0 Å². The van der Waals surface area contributed by atoms with Crippen molar-refractivity contribution in [3.63, 3.8) is 0 Å². The van der Waals surface area contributed by atoms with Gasteiger partial charge in [-0.3, -0.25) is 10.1 Å². The number of hydrogen-bond donors (Lipinski definition) is 0. The number of nitro groups is 1. The number of rotatable bonds is 3. The maximum absolute atomic E-state index is 13.0. The molecule has 15 heavy (non-hydrogen) atoms. The molecule has 0 radical (unpaired) electrons. The molecule has 0 unspecified atom stereocenters. The molecule has 82 valence electrons. The lowest BCUT2D eigenvalue weighted by molar-refractivity contribution is -0.386. The molecule has 0 saturated carbocycles. The van der Waals surface area contributed by atoms with Gasteiger partial charge in [0.25, 0.3) is 12.1 Å². The van der Waals surface area contributed by atoms with E-state index in [9.17, 15) is 23.3 Å². The Kier molecular flexibility index (Phi) is 3.61. The summed E-state index contributed by atoms with van der Waals surface area (Å²) < 4.78 is 37.7. The average Bonchev–Trinajstić information content (AvgIpc) is 2.16. The zero-order chi connectivity index (χ0) is 11.6. The maximum Gasteiger partial charge on any atom is 0.299 e. The molecular formula is C7H4BrF3N2O2. The van der Waals surface area contributed by atoms with E-state index >= 15 is 0 Å². The van der Waals surface area contributed by atoms with Gasteiger partial charge in [0, 0.05) is 5.33 Å². The number of alkyl halides is 3. The van der Waals surface area contributed by atoms with Gasteiger partial charge in [-0.05, 0) is 0 Å². The minimum atomic E-state index is -3.11. The summed E-state index contributed by atoms with van der Waals surface area (Å²) in [4.78, 5) is 12.4. The lowest BCUT2D eigenvalue weighted by atomic mass is 10.2. The van der Waals surface area contributed by atoms with Gasteiger partial charge in [0.1, 0.15) is 0 Å². The number of hydrogen-bond acceptors (Lipinski definition) is 3. The van der Waals surface area contributed by atoms with E-state index in [0.717, 1.165) is 0 Å². The molecule has 0 aromatic carbocycles. The third kappa shape index (κ3) is 2.44. The van der Waals surface area contributed by atoms with Crippen LogP contribution in [0.2, 0.25) is 0 Å². The Hall–Kier alpha value is -1.18. The minimum Gasteiger partial charge on any atom is -0.258 e. The van der Waals surface area contributed by atoms with Crippen LogP contribution in [-0.4, -0.2) is 9.91 Å². The molecule has 1 rings (SSSR count). The van der Waals surface area contributed by atoms with Gasteiger partial charge in [-0.1, -0.05) is 15.9 Å². The third-order valence-corrected chi connectivity index (χ3v) is 2.12. The quantitative estimate of drug-likeness (QED) is 0.487. The van der Waals surface area contributed by atoms with Crippen LogP contribution in [-0.2, 0) is 5.33 Å². The van der Waals surface area contributed by atoms with Crippen molar-refractivity contribution in [3.05, 3.63) is 33.4 Å². The molecule has 0 saturated heterocycles. The van der Waals surface area contributed by atoms with E-state index in [1.807, 2.05) is 0 Å². The van der Waals surface area contributed by atoms with Crippen LogP contribution >= 0.6 is 15.9 Å². The molecule has 0 atom stereocenters. The fourth-order valence-corrected chi connectivity index (χ4v) is 1.33. The summed E-state index contributed by atoms with van der Waals surface area (Å²) in [5.74, 6) is -0.983. The summed E-state index contributed by atoms with van der Waals surface area (Å²) in [6.07, 6.45) is -3.11. The number of aromatic nitrogens is 1. The molecular weight excluding hydrogens is 281 g/mol. The highest BCUT2D eigenvalue weighted by Crippen LogP contribution is 2.28. The Morgan fingerprint density at radius 3 is 2.60 bits per heavy atom. The Morgan fingerprint density at radius 2 is 2.20 bits per heavy atom. The highest BCUT2D eigenvalue weighted by atomic mass is 79.9. The maximum atomic E-state index is 13.0. The van der Waals surface area contributed by atoms with Crippen LogP contribution in [0.1, 0.15) is 17.8 Å². The van der Waals surface area contributed by atoms with Crippen LogP contribution in [0.4, 0.5) is 18.9 Å². The summed E-state index contributed by atoms with van der Waals surface area (Å²) in [7, 11) is 0. The third-order valence-electron chi connectivity index (χ3n) is 1.59. The molecule has 0 amide bonds. The summed E-state index contributed by atoms with van der Waals surface area (Å²) >= 11 is 2.84. The molecule has 0 fully saturated rings. The number of pyridine rings is 1. The van der Waals surface area contributed by atoms with E-state index in [4.69, 9.17) is 0 Å². The van der Waals surface area contributed by atoms with Crippen molar-refractivity contribution in [2.75, 3.05) is 0 Å². The molecule has 1 aromatic heterocycles. The van der Waals surface area contributed by atoms with E-state index in [2.05, 4.69) is 20.9 Å². The van der Waals surface area contributed by atoms with E-state index < -0.39 is 28.5 Å². The van der Waals surface area contributed by atoms with Crippen LogP contribution in [0.15, 0.2) is 6.07 Å². The minimum absolute atomic E-state index is 0.0868. The van der Waals surface area contributed by atoms with E-state index in [0.29, 0.717) is 6.07 Å². The Labute approximate surface area is 90.4 Å². The van der Waals surface area contributed by atoms with Gasteiger partial charge in [0.15, 0.2) is 11.5 Å². The average molecular weight is 285 g/mol. The SMILES string of the molecule is O=[N+]([O-])c1cc(F)c(CBr)nc1C(F)F. The first kappa shape index (κ1) is 11.9. The van der Waals surface area contributed by atoms with Crippen LogP contribution in [0.5, 0.6) is 0 Å². The molecule has 8 heteroatoms. The Morgan fingerprint density at radius 1 is 1.60 bits per heavy atom. The molecule has 1 aromatic rings. The van der Waals surface area contributed by atoms with Crippen LogP contribution in [0, 0.1) is 15.9 Å². The highest BCUT2D eigenvalue weighted by molar-refractivity contribution is 9.08. The summed E-state index contributed by atoms with van der Waals surface area (Å²) in [5, 5.41) is 10.2. The summed E-state index contributed by atoms with van der Waals surface area (Å²) in [6, 6.07) is 0.449. The second-order valence-corrected chi connectivity index (χ2v) is 3.07. The summed E-state index contributed by atoms with van der Waals surface area (Å²) in [5.41, 5.74) is -2.31. The molecule has 0 N–H and O–H groups in total. The van der Waals surface area contributed by atoms with Crippen molar-refractivity contribution in [3.8, 4) is 0 Å². The van der Waals surface area contributed by atoms with Gasteiger partial charge >= 0.3 is 0 Å². The zero-order valence-electron chi connectivity index (χ0n) is 7.08. The van der Waals surface area contributed by atoms with E-state index in [-0.39, 0.29) is 11.0 Å². The van der Waals surface area contributed by atoms with Crippen molar-refractivity contribution in [1.29, 1.82) is 0 Å². The largest absolute Gasteiger partial charge is 0.299 e. The van der Waals surface area contributed by atoms with Crippen molar-refractivity contribution in [2.45, 2.75) is 11.8 Å². The van der Waals surface area contributed by atoms with Crippen molar-refractivity contribution >= 4 is 21.6 Å². The lowest BCUT2D eigenvalue weighted by Crippen LogP contribution is -2.04. The molecule has 4 nitrogen and oxygen atoms in total. The first-order valence-electron chi connectivity index (χ1n) is 3.65. The summed E-state index contributed by atoms with van der Waals surface area (Å²) in [6.45, 7) is 0. The van der Waals surface area contributed by atoms with Crippen LogP contribution in [0.3, 0.4) is 0 Å². The Balaban J connectivity index is 3.38. The molecule has 1 heterocycles. The second-order valence-electron chi connectivity index (χ2n) is 2.51. The standard InChI is InChI=1S/C7H4BrF3N2O2/c8-2-4-3(9)1-5(13(14)15)6(12-4)7(10)11/h1,7H,2H2. The number of halogens is 4. The fraction of sp³-hybridized carbons (Fsp3) is 0.286. The van der Waals surface area contributed by atoms with Gasteiger partial charge in [-0.2, -0.15) is 0 Å². The second kappa shape index (κ2) is 4.56. The van der Waals surface area contributed by atoms with Gasteiger partial charge < -0.3 is 0 Å². The molecule has 0 aliphatic carbocycles. The lowest BCUT2D eigenvalue weighted by Gasteiger charge is -2.03. The molecule has 0 bridgehead atoms. The van der Waals surface area contributed by atoms with Gasteiger partial charge in [-0.15, -0.1) is 0 Å². The van der Waals surface area contributed by atoms with Gasteiger partial charge in [0.05, 0.1) is 16.7 Å². The molecule has 0 aliphatic heterocycles. The van der Waals surface area contributed by atoms with Crippen molar-refractivity contribution in [1.82, 2.24) is 4.98 Å². The topological polar surface area (TPSA) is 56.0 Å². The number of nitrogens with zero attached hydrogens (tertiary/aromatic N) is 2. The van der Waals surface area contributed by atoms with Crippen molar-refractivity contribution in [2.24, 2.45) is 0 Å². The predicted octanol–water partition coefficient (Wildman–Crippen LogP) is 2.96. The predicted molar refractivity (Wildman–Crippen MR) is 48.4 cm³/mol. The first-order valence-corrected chi connectivity index (χ1v) is 4.77. The zero-order valence-corrected chi connectivity index (χ0v) is 8.67. The van der Waals surface area contributed by atoms with Crippen molar-refractivity contribution < 1.29 is 18.1 Å². The van der Waals surface area contributed by atoms with Crippen LogP contribution < -0.4 is 0 Å². The van der Waals surface area contributed by atoms with E-state index in [1.165, 1.54) is 0 Å². The Bertz CT molecular complexity index is 400. The van der Waals surface area contributed by atoms with E-state index in [1.54, 1.807) is 0 Å². The smallest absolute Gasteiger partial charge is 0.258 e.